The van der Waals surface area contributed by atoms with Crippen molar-refractivity contribution in [3.05, 3.63) is 28.8 Å². The highest BCUT2D eigenvalue weighted by molar-refractivity contribution is 8.01. The Bertz CT molecular complexity index is 394. The van der Waals surface area contributed by atoms with E-state index >= 15 is 0 Å². The molecule has 1 aromatic carbocycles. The first-order valence-corrected chi connectivity index (χ1v) is 6.42. The summed E-state index contributed by atoms with van der Waals surface area (Å²) >= 11 is 12.4. The lowest BCUT2D eigenvalue weighted by Gasteiger charge is -2.05. The fraction of sp³-hybridized carbons (Fsp3) is 0.273. The molecule has 2 nitrogen and oxygen atoms in total. The Morgan fingerprint density at radius 3 is 2.94 bits per heavy atom. The highest BCUT2D eigenvalue weighted by Gasteiger charge is 2.06. The molecule has 0 spiro atoms. The Morgan fingerprint density at radius 1 is 1.62 bits per heavy atom. The van der Waals surface area contributed by atoms with Gasteiger partial charge in [0.1, 0.15) is 0 Å². The molecule has 1 rings (SSSR count). The van der Waals surface area contributed by atoms with Crippen molar-refractivity contribution in [3.8, 4) is 0 Å². The summed E-state index contributed by atoms with van der Waals surface area (Å²) in [6, 6.07) is 5.54. The second kappa shape index (κ2) is 6.89. The van der Waals surface area contributed by atoms with Gasteiger partial charge in [-0.2, -0.15) is 0 Å². The van der Waals surface area contributed by atoms with Gasteiger partial charge >= 0.3 is 5.97 Å². The molecule has 86 valence electrons. The van der Waals surface area contributed by atoms with E-state index in [0.717, 1.165) is 16.2 Å². The largest absolute Gasteiger partial charge is 0.469 e. The summed E-state index contributed by atoms with van der Waals surface area (Å²) in [5.74, 6) is 0.473. The number of methoxy groups -OCH3 is 1. The van der Waals surface area contributed by atoms with Gasteiger partial charge in [0.15, 0.2) is 0 Å². The number of ether oxygens (including phenoxy) is 1. The van der Waals surface area contributed by atoms with E-state index in [-0.39, 0.29) is 12.4 Å². The minimum Gasteiger partial charge on any atom is -0.469 e. The predicted octanol–water partition coefficient (Wildman–Crippen LogP) is 3.15. The van der Waals surface area contributed by atoms with Gasteiger partial charge in [-0.15, -0.1) is 11.8 Å². The number of halogens is 1. The van der Waals surface area contributed by atoms with E-state index in [9.17, 15) is 4.79 Å². The van der Waals surface area contributed by atoms with Crippen LogP contribution >= 0.6 is 35.6 Å². The van der Waals surface area contributed by atoms with Gasteiger partial charge < -0.3 is 4.74 Å². The summed E-state index contributed by atoms with van der Waals surface area (Å²) in [4.78, 5) is 12.0. The van der Waals surface area contributed by atoms with Crippen LogP contribution in [0.4, 0.5) is 0 Å². The lowest BCUT2D eigenvalue weighted by molar-refractivity contribution is -0.139. The molecule has 5 heteroatoms. The van der Waals surface area contributed by atoms with Gasteiger partial charge in [0.25, 0.3) is 0 Å². The van der Waals surface area contributed by atoms with Crippen LogP contribution in [0, 0.1) is 0 Å². The van der Waals surface area contributed by atoms with Crippen LogP contribution in [0.1, 0.15) is 5.56 Å². The number of thiocarbonyl (C=S) groups is 1. The Balaban J connectivity index is 2.74. The van der Waals surface area contributed by atoms with Gasteiger partial charge in [-0.3, -0.25) is 4.79 Å². The summed E-state index contributed by atoms with van der Waals surface area (Å²) < 4.78 is 4.58. The van der Waals surface area contributed by atoms with Crippen LogP contribution in [0.3, 0.4) is 0 Å². The number of thioether (sulfide) groups is 1. The maximum Gasteiger partial charge on any atom is 0.309 e. The van der Waals surface area contributed by atoms with E-state index in [2.05, 4.69) is 4.74 Å². The number of esters is 1. The SMILES string of the molecule is COC(=O)Cc1ccc(SCC=S)c(Cl)c1. The molecule has 0 amide bonds. The van der Waals surface area contributed by atoms with E-state index in [1.807, 2.05) is 12.1 Å². The lowest BCUT2D eigenvalue weighted by atomic mass is 10.1. The first-order valence-electron chi connectivity index (χ1n) is 4.59. The van der Waals surface area contributed by atoms with Gasteiger partial charge in [-0.25, -0.2) is 0 Å². The fourth-order valence-electron chi connectivity index (χ4n) is 1.13. The third-order valence-corrected chi connectivity index (χ3v) is 3.68. The normalized spacial score (nSPS) is 9.88. The van der Waals surface area contributed by atoms with Crippen molar-refractivity contribution >= 4 is 46.9 Å². The zero-order valence-corrected chi connectivity index (χ0v) is 11.1. The van der Waals surface area contributed by atoms with Crippen LogP contribution in [-0.4, -0.2) is 24.2 Å². The maximum atomic E-state index is 11.1. The quantitative estimate of drug-likeness (QED) is 0.468. The highest BCUT2D eigenvalue weighted by Crippen LogP contribution is 2.27. The van der Waals surface area contributed by atoms with Crippen LogP contribution in [0.25, 0.3) is 0 Å². The monoisotopic (exact) mass is 274 g/mol. The van der Waals surface area contributed by atoms with Crippen LogP contribution in [0.15, 0.2) is 23.1 Å². The van der Waals surface area contributed by atoms with Crippen molar-refractivity contribution in [2.24, 2.45) is 0 Å². The number of carbonyl (C=O) groups is 1. The molecular formula is C11H11ClO2S2. The van der Waals surface area contributed by atoms with Gasteiger partial charge in [0.05, 0.1) is 18.6 Å². The molecule has 0 fully saturated rings. The van der Waals surface area contributed by atoms with E-state index in [0.29, 0.717) is 5.02 Å². The first kappa shape index (κ1) is 13.5. The molecule has 0 saturated heterocycles. The molecule has 0 atom stereocenters. The minimum absolute atomic E-state index is 0.244. The first-order chi connectivity index (χ1) is 7.67. The van der Waals surface area contributed by atoms with Gasteiger partial charge in [0.2, 0.25) is 0 Å². The fourth-order valence-corrected chi connectivity index (χ4v) is 2.31. The summed E-state index contributed by atoms with van der Waals surface area (Å²) in [6.07, 6.45) is 0.244. The van der Waals surface area contributed by atoms with Crippen LogP contribution in [-0.2, 0) is 16.0 Å². The third kappa shape index (κ3) is 4.12. The Labute approximate surface area is 109 Å². The van der Waals surface area contributed by atoms with Crippen molar-refractivity contribution < 1.29 is 9.53 Å². The van der Waals surface area contributed by atoms with Crippen molar-refractivity contribution in [1.82, 2.24) is 0 Å². The van der Waals surface area contributed by atoms with Crippen molar-refractivity contribution in [2.75, 3.05) is 12.9 Å². The Hall–Kier alpha value is -0.580. The summed E-state index contributed by atoms with van der Waals surface area (Å²) in [5, 5.41) is 2.30. The Kier molecular flexibility index (Phi) is 5.80. The van der Waals surface area contributed by atoms with E-state index < -0.39 is 0 Å². The molecule has 1 aromatic rings. The second-order valence-electron chi connectivity index (χ2n) is 3.00. The van der Waals surface area contributed by atoms with Crippen molar-refractivity contribution in [3.63, 3.8) is 0 Å². The number of rotatable bonds is 5. The van der Waals surface area contributed by atoms with Gasteiger partial charge in [0, 0.05) is 10.6 Å². The number of hydrogen-bond acceptors (Lipinski definition) is 4. The standard InChI is InChI=1S/C11H11ClO2S2/c1-14-11(13)7-8-2-3-10(9(12)6-8)16-5-4-15/h2-4,6H,5,7H2,1H3. The Morgan fingerprint density at radius 2 is 2.38 bits per heavy atom. The van der Waals surface area contributed by atoms with Gasteiger partial charge in [-0.1, -0.05) is 29.9 Å². The molecule has 16 heavy (non-hydrogen) atoms. The number of benzene rings is 1. The van der Waals surface area contributed by atoms with Crippen LogP contribution in [0.5, 0.6) is 0 Å². The van der Waals surface area contributed by atoms with Gasteiger partial charge in [-0.05, 0) is 23.1 Å². The van der Waals surface area contributed by atoms with Crippen LogP contribution in [0.2, 0.25) is 5.02 Å². The lowest BCUT2D eigenvalue weighted by Crippen LogP contribution is -2.04. The van der Waals surface area contributed by atoms with E-state index in [1.54, 1.807) is 23.2 Å². The van der Waals surface area contributed by atoms with E-state index in [1.165, 1.54) is 7.11 Å². The summed E-state index contributed by atoms with van der Waals surface area (Å²) in [7, 11) is 1.37. The maximum absolute atomic E-state index is 11.1. The highest BCUT2D eigenvalue weighted by atomic mass is 35.5. The smallest absolute Gasteiger partial charge is 0.309 e. The third-order valence-electron chi connectivity index (χ3n) is 1.88. The molecular weight excluding hydrogens is 264 g/mol. The molecule has 0 aromatic heterocycles. The zero-order chi connectivity index (χ0) is 12.0. The average molecular weight is 275 g/mol. The second-order valence-corrected chi connectivity index (χ2v) is 4.80. The number of hydrogen-bond donors (Lipinski definition) is 0. The molecule has 0 saturated carbocycles. The topological polar surface area (TPSA) is 26.3 Å². The molecule has 0 aliphatic carbocycles. The van der Waals surface area contributed by atoms with Crippen molar-refractivity contribution in [2.45, 2.75) is 11.3 Å². The minimum atomic E-state index is -0.268. The zero-order valence-electron chi connectivity index (χ0n) is 8.73. The summed E-state index contributed by atoms with van der Waals surface area (Å²) in [5.41, 5.74) is 0.851. The number of carbonyl (C=O) groups excluding carboxylic acids is 1. The molecule has 0 aliphatic heterocycles. The molecule has 0 radical (unpaired) electrons. The van der Waals surface area contributed by atoms with Crippen LogP contribution < -0.4 is 0 Å². The predicted molar refractivity (Wildman–Crippen MR) is 71.6 cm³/mol. The molecule has 0 unspecified atom stereocenters. The van der Waals surface area contributed by atoms with E-state index in [4.69, 9.17) is 23.8 Å². The van der Waals surface area contributed by atoms with Crippen molar-refractivity contribution in [1.29, 1.82) is 0 Å². The average Bonchev–Trinajstić information content (AvgIpc) is 2.28. The molecule has 0 heterocycles. The molecule has 0 N–H and O–H groups in total. The molecule has 0 bridgehead atoms. The summed E-state index contributed by atoms with van der Waals surface area (Å²) in [6.45, 7) is 0. The molecule has 0 aliphatic rings.